The molecule has 1 amide bonds. The maximum atomic E-state index is 12.9. The molecule has 0 aliphatic heterocycles. The van der Waals surface area contributed by atoms with Gasteiger partial charge in [-0.3, -0.25) is 4.79 Å². The number of amides is 1. The van der Waals surface area contributed by atoms with E-state index in [2.05, 4.69) is 11.9 Å². The average Bonchev–Trinajstić information content (AvgIpc) is 2.58. The molecule has 4 atom stereocenters. The molecule has 0 aromatic heterocycles. The number of aliphatic hydroxyl groups excluding tert-OH is 2. The van der Waals surface area contributed by atoms with Crippen molar-refractivity contribution >= 4 is 5.91 Å². The number of carbonyl (C=O) groups excluding carboxylic acids is 1. The summed E-state index contributed by atoms with van der Waals surface area (Å²) in [6, 6.07) is 0. The molecule has 4 N–H and O–H groups in total. The van der Waals surface area contributed by atoms with Crippen molar-refractivity contribution in [1.82, 2.24) is 5.32 Å². The minimum atomic E-state index is -4.95. The summed E-state index contributed by atoms with van der Waals surface area (Å²) in [7, 11) is 0. The maximum Gasteiger partial charge on any atom is 0.417 e. The summed E-state index contributed by atoms with van der Waals surface area (Å²) in [4.78, 5) is 12.3. The highest BCUT2D eigenvalue weighted by Gasteiger charge is 2.51. The van der Waals surface area contributed by atoms with E-state index in [1.54, 1.807) is 0 Å². The molecule has 0 unspecified atom stereocenters. The summed E-state index contributed by atoms with van der Waals surface area (Å²) < 4.78 is 38.8. The summed E-state index contributed by atoms with van der Waals surface area (Å²) in [5.74, 6) is -1.23. The van der Waals surface area contributed by atoms with Crippen molar-refractivity contribution in [3.05, 3.63) is 35.6 Å². The van der Waals surface area contributed by atoms with Gasteiger partial charge >= 0.3 is 6.18 Å². The van der Waals surface area contributed by atoms with Gasteiger partial charge in [-0.1, -0.05) is 25.7 Å². The zero-order chi connectivity index (χ0) is 22.4. The lowest BCUT2D eigenvalue weighted by molar-refractivity contribution is -0.253. The van der Waals surface area contributed by atoms with E-state index in [0.717, 1.165) is 12.8 Å². The van der Waals surface area contributed by atoms with Crippen LogP contribution in [0.1, 0.15) is 59.3 Å². The predicted octanol–water partition coefficient (Wildman–Crippen LogP) is 3.51. The molecular formula is C21H32F3NO4. The molecular weight excluding hydrogens is 387 g/mol. The van der Waals surface area contributed by atoms with E-state index in [1.807, 2.05) is 26.0 Å². The summed E-state index contributed by atoms with van der Waals surface area (Å²) in [6.07, 6.45) is -1.54. The molecule has 0 saturated heterocycles. The second-order valence-corrected chi connectivity index (χ2v) is 7.92. The Labute approximate surface area is 170 Å². The Kier molecular flexibility index (Phi) is 9.11. The Morgan fingerprint density at radius 2 is 2.00 bits per heavy atom. The smallest absolute Gasteiger partial charge is 0.393 e. The van der Waals surface area contributed by atoms with E-state index in [1.165, 1.54) is 0 Å². The number of nitrogens with one attached hydrogen (secondary N) is 1. The van der Waals surface area contributed by atoms with Gasteiger partial charge in [-0.05, 0) is 50.2 Å². The van der Waals surface area contributed by atoms with E-state index in [-0.39, 0.29) is 18.8 Å². The van der Waals surface area contributed by atoms with Crippen molar-refractivity contribution < 1.29 is 33.3 Å². The van der Waals surface area contributed by atoms with Gasteiger partial charge in [0.15, 0.2) is 5.60 Å². The lowest BCUT2D eigenvalue weighted by atomic mass is 9.82. The van der Waals surface area contributed by atoms with Crippen molar-refractivity contribution in [1.29, 1.82) is 0 Å². The molecule has 1 aliphatic carbocycles. The lowest BCUT2D eigenvalue weighted by Gasteiger charge is -2.32. The van der Waals surface area contributed by atoms with Gasteiger partial charge in [-0.25, -0.2) is 0 Å². The largest absolute Gasteiger partial charge is 0.417 e. The normalized spacial score (nSPS) is 25.6. The van der Waals surface area contributed by atoms with Crippen LogP contribution in [-0.2, 0) is 4.79 Å². The Hall–Kier alpha value is -1.64. The minimum Gasteiger partial charge on any atom is -0.393 e. The molecule has 0 bridgehead atoms. The Morgan fingerprint density at radius 1 is 1.38 bits per heavy atom. The number of hydrogen-bond acceptors (Lipinski definition) is 4. The van der Waals surface area contributed by atoms with Gasteiger partial charge in [0.25, 0.3) is 0 Å². The first-order valence-electron chi connectivity index (χ1n) is 9.78. The molecule has 0 spiro atoms. The second-order valence-electron chi connectivity index (χ2n) is 7.92. The quantitative estimate of drug-likeness (QED) is 0.358. The van der Waals surface area contributed by atoms with Crippen LogP contribution in [0, 0.1) is 5.92 Å². The van der Waals surface area contributed by atoms with Gasteiger partial charge < -0.3 is 20.6 Å². The molecule has 0 aromatic carbocycles. The highest BCUT2D eigenvalue weighted by Crippen LogP contribution is 2.35. The zero-order valence-electron chi connectivity index (χ0n) is 17.2. The Morgan fingerprint density at radius 3 is 2.55 bits per heavy atom. The van der Waals surface area contributed by atoms with Crippen LogP contribution in [0.25, 0.3) is 0 Å². The number of halogens is 3. The number of hydrogen-bond donors (Lipinski definition) is 4. The van der Waals surface area contributed by atoms with Gasteiger partial charge in [-0.2, -0.15) is 13.2 Å². The third kappa shape index (κ3) is 7.28. The fraction of sp³-hybridized carbons (Fsp3) is 0.667. The van der Waals surface area contributed by atoms with Gasteiger partial charge in [0.1, 0.15) is 0 Å². The van der Waals surface area contributed by atoms with Crippen molar-refractivity contribution in [2.75, 3.05) is 0 Å². The van der Waals surface area contributed by atoms with Gasteiger partial charge in [0, 0.05) is 18.5 Å². The number of aliphatic hydroxyl groups is 3. The van der Waals surface area contributed by atoms with E-state index in [4.69, 9.17) is 0 Å². The molecule has 1 rings (SSSR count). The molecule has 0 heterocycles. The van der Waals surface area contributed by atoms with Crippen molar-refractivity contribution in [2.45, 2.75) is 83.3 Å². The SMILES string of the molecule is C=C1/C(=C(\NC(=O)C[C@](C)(O)C(F)(F)F)[C@H](C)CCC/C=C/C)C[C@@H](O)C[C@@H]1O. The number of unbranched alkanes of at least 4 members (excludes halogenated alkanes) is 1. The molecule has 0 radical (unpaired) electrons. The van der Waals surface area contributed by atoms with E-state index < -0.39 is 36.3 Å². The number of carbonyl (C=O) groups is 1. The molecule has 5 nitrogen and oxygen atoms in total. The van der Waals surface area contributed by atoms with Crippen LogP contribution >= 0.6 is 0 Å². The van der Waals surface area contributed by atoms with E-state index >= 15 is 0 Å². The Balaban J connectivity index is 3.12. The minimum absolute atomic E-state index is 0.113. The van der Waals surface area contributed by atoms with Crippen LogP contribution in [0.5, 0.6) is 0 Å². The van der Waals surface area contributed by atoms with Gasteiger partial charge in [0.2, 0.25) is 5.91 Å². The molecule has 1 fully saturated rings. The van der Waals surface area contributed by atoms with Crippen LogP contribution < -0.4 is 5.32 Å². The topological polar surface area (TPSA) is 89.8 Å². The van der Waals surface area contributed by atoms with E-state index in [9.17, 15) is 33.3 Å². The Bertz CT molecular complexity index is 653. The standard InChI is InChI=1S/C21H32F3NO4/c1-5-6-7-8-9-13(2)19(16-10-15(26)11-17(27)14(16)3)25-18(28)12-20(4,29)21(22,23)24/h5-6,13,15,17,26-27,29H,3,7-12H2,1-2,4H3,(H,25,28)/b6-5+,19-16-/t13-,15-,17+,20+/m1/s1. The summed E-state index contributed by atoms with van der Waals surface area (Å²) in [5.41, 5.74) is -2.02. The van der Waals surface area contributed by atoms with Gasteiger partial charge in [-0.15, -0.1) is 0 Å². The molecule has 166 valence electrons. The molecule has 1 saturated carbocycles. The number of rotatable bonds is 8. The predicted molar refractivity (Wildman–Crippen MR) is 105 cm³/mol. The van der Waals surface area contributed by atoms with Crippen LogP contribution in [-0.4, -0.2) is 45.2 Å². The van der Waals surface area contributed by atoms with Crippen molar-refractivity contribution in [3.63, 3.8) is 0 Å². The number of allylic oxidation sites excluding steroid dienone is 3. The third-order valence-electron chi connectivity index (χ3n) is 5.18. The first-order chi connectivity index (χ1) is 13.3. The number of alkyl halides is 3. The van der Waals surface area contributed by atoms with Crippen LogP contribution in [0.15, 0.2) is 35.6 Å². The van der Waals surface area contributed by atoms with E-state index in [0.29, 0.717) is 30.2 Å². The summed E-state index contributed by atoms with van der Waals surface area (Å²) in [5, 5.41) is 32.3. The first-order valence-corrected chi connectivity index (χ1v) is 9.78. The average molecular weight is 419 g/mol. The van der Waals surface area contributed by atoms with Crippen LogP contribution in [0.4, 0.5) is 13.2 Å². The second kappa shape index (κ2) is 10.4. The summed E-state index contributed by atoms with van der Waals surface area (Å²) in [6.45, 7) is 8.10. The first kappa shape index (κ1) is 25.4. The van der Waals surface area contributed by atoms with Crippen molar-refractivity contribution in [3.8, 4) is 0 Å². The molecule has 0 aromatic rings. The highest BCUT2D eigenvalue weighted by molar-refractivity contribution is 5.79. The highest BCUT2D eigenvalue weighted by atomic mass is 19.4. The summed E-state index contributed by atoms with van der Waals surface area (Å²) >= 11 is 0. The van der Waals surface area contributed by atoms with Gasteiger partial charge in [0.05, 0.1) is 18.6 Å². The fourth-order valence-corrected chi connectivity index (χ4v) is 3.29. The monoisotopic (exact) mass is 419 g/mol. The van der Waals surface area contributed by atoms with Crippen LogP contribution in [0.3, 0.4) is 0 Å². The molecule has 1 aliphatic rings. The molecule has 29 heavy (non-hydrogen) atoms. The third-order valence-corrected chi connectivity index (χ3v) is 5.18. The molecule has 8 heteroatoms. The maximum absolute atomic E-state index is 12.9. The lowest BCUT2D eigenvalue weighted by Crippen LogP contribution is -2.46. The zero-order valence-corrected chi connectivity index (χ0v) is 17.2. The van der Waals surface area contributed by atoms with Crippen molar-refractivity contribution in [2.24, 2.45) is 5.92 Å². The fourth-order valence-electron chi connectivity index (χ4n) is 3.29. The van der Waals surface area contributed by atoms with Crippen LogP contribution in [0.2, 0.25) is 0 Å².